The first-order valence-corrected chi connectivity index (χ1v) is 8.56. The molecule has 0 saturated heterocycles. The Hall–Kier alpha value is -3.42. The number of hydrogen-bond acceptors (Lipinski definition) is 6. The predicted molar refractivity (Wildman–Crippen MR) is 97.9 cm³/mol. The molecule has 1 aromatic carbocycles. The van der Waals surface area contributed by atoms with Gasteiger partial charge in [-0.2, -0.15) is 0 Å². The number of fused-ring (bicyclic) bond motifs is 2. The molecule has 0 spiro atoms. The molecule has 0 unspecified atom stereocenters. The summed E-state index contributed by atoms with van der Waals surface area (Å²) in [5.74, 6) is -1.31. The minimum atomic E-state index is -0.796. The van der Waals surface area contributed by atoms with Crippen LogP contribution in [0.2, 0.25) is 0 Å². The van der Waals surface area contributed by atoms with Crippen molar-refractivity contribution >= 4 is 16.8 Å². The molecule has 1 N–H and O–H groups in total. The van der Waals surface area contributed by atoms with Crippen molar-refractivity contribution < 1.29 is 14.6 Å². The van der Waals surface area contributed by atoms with Gasteiger partial charge in [0.1, 0.15) is 6.10 Å². The molecule has 0 aliphatic carbocycles. The lowest BCUT2D eigenvalue weighted by Crippen LogP contribution is -2.40. The first-order chi connectivity index (χ1) is 13.0. The Kier molecular flexibility index (Phi) is 4.02. The number of ether oxygens (including phenoxy) is 1. The lowest BCUT2D eigenvalue weighted by atomic mass is 10.1. The molecule has 0 saturated carbocycles. The molecule has 3 heterocycles. The van der Waals surface area contributed by atoms with Gasteiger partial charge in [-0.25, -0.2) is 0 Å². The fourth-order valence-corrected chi connectivity index (χ4v) is 3.09. The molecule has 0 bridgehead atoms. The van der Waals surface area contributed by atoms with Gasteiger partial charge in [0, 0.05) is 25.2 Å². The first-order valence-electron chi connectivity index (χ1n) is 8.56. The molecule has 0 fully saturated rings. The van der Waals surface area contributed by atoms with E-state index in [2.05, 4.69) is 10.1 Å². The number of amides is 1. The van der Waals surface area contributed by atoms with Crippen LogP contribution in [0.4, 0.5) is 0 Å². The summed E-state index contributed by atoms with van der Waals surface area (Å²) < 4.78 is 7.05. The number of rotatable bonds is 3. The van der Waals surface area contributed by atoms with Crippen LogP contribution in [0.5, 0.6) is 11.6 Å². The number of benzene rings is 1. The highest BCUT2D eigenvalue weighted by Crippen LogP contribution is 2.24. The summed E-state index contributed by atoms with van der Waals surface area (Å²) in [7, 11) is 1.61. The van der Waals surface area contributed by atoms with Crippen molar-refractivity contribution in [1.82, 2.24) is 19.7 Å². The second-order valence-corrected chi connectivity index (χ2v) is 6.50. The topological polar surface area (TPSA) is 97.5 Å². The summed E-state index contributed by atoms with van der Waals surface area (Å²) in [6.45, 7) is 2.59. The minimum Gasteiger partial charge on any atom is -0.502 e. The zero-order valence-electron chi connectivity index (χ0n) is 14.9. The standard InChI is InChI=1S/C19H18N4O4/c1-11(13-6-5-12-4-3-7-20-14(12)10-13)27-18-17(25)16(24)15-19(26)22(2)8-9-23(15)21-18/h3-7,10-11,24H,8-9H2,1-2H3/t11-/m1/s1. The number of nitrogens with zero attached hydrogens (tertiary/aromatic N) is 4. The smallest absolute Gasteiger partial charge is 0.285 e. The zero-order valence-corrected chi connectivity index (χ0v) is 14.9. The van der Waals surface area contributed by atoms with Gasteiger partial charge < -0.3 is 14.7 Å². The molecule has 1 atom stereocenters. The number of carbonyl (C=O) groups excluding carboxylic acids is 1. The van der Waals surface area contributed by atoms with Crippen LogP contribution in [0, 0.1) is 0 Å². The third-order valence-electron chi connectivity index (χ3n) is 4.69. The third-order valence-corrected chi connectivity index (χ3v) is 4.69. The van der Waals surface area contributed by atoms with Crippen molar-refractivity contribution in [3.05, 3.63) is 58.0 Å². The first kappa shape index (κ1) is 17.0. The van der Waals surface area contributed by atoms with E-state index in [1.807, 2.05) is 30.3 Å². The van der Waals surface area contributed by atoms with Crippen molar-refractivity contribution in [1.29, 1.82) is 0 Å². The van der Waals surface area contributed by atoms with E-state index in [-0.39, 0.29) is 11.6 Å². The van der Waals surface area contributed by atoms with Crippen LogP contribution >= 0.6 is 0 Å². The van der Waals surface area contributed by atoms with Crippen molar-refractivity contribution in [3.8, 4) is 11.6 Å². The molecule has 138 valence electrons. The van der Waals surface area contributed by atoms with Gasteiger partial charge in [-0.05, 0) is 24.6 Å². The second kappa shape index (κ2) is 6.39. The Morgan fingerprint density at radius 3 is 2.85 bits per heavy atom. The van der Waals surface area contributed by atoms with Crippen LogP contribution < -0.4 is 10.2 Å². The lowest BCUT2D eigenvalue weighted by molar-refractivity contribution is 0.0729. The van der Waals surface area contributed by atoms with Gasteiger partial charge in [0.25, 0.3) is 17.2 Å². The molecule has 1 amide bonds. The lowest BCUT2D eigenvalue weighted by Gasteiger charge is -2.26. The normalized spacial score (nSPS) is 14.9. The Morgan fingerprint density at radius 2 is 2.04 bits per heavy atom. The van der Waals surface area contributed by atoms with Crippen molar-refractivity contribution in [2.75, 3.05) is 13.6 Å². The maximum atomic E-state index is 12.4. The molecular weight excluding hydrogens is 348 g/mol. The summed E-state index contributed by atoms with van der Waals surface area (Å²) >= 11 is 0. The van der Waals surface area contributed by atoms with E-state index in [1.54, 1.807) is 20.2 Å². The van der Waals surface area contributed by atoms with Gasteiger partial charge in [-0.3, -0.25) is 19.3 Å². The molecule has 27 heavy (non-hydrogen) atoms. The van der Waals surface area contributed by atoms with Gasteiger partial charge in [-0.15, -0.1) is 5.10 Å². The molecule has 8 nitrogen and oxygen atoms in total. The maximum Gasteiger partial charge on any atom is 0.285 e. The fraction of sp³-hybridized carbons (Fsp3) is 0.263. The largest absolute Gasteiger partial charge is 0.502 e. The van der Waals surface area contributed by atoms with Crippen molar-refractivity contribution in [2.45, 2.75) is 19.6 Å². The number of aromatic nitrogens is 3. The van der Waals surface area contributed by atoms with Crippen LogP contribution in [0.15, 0.2) is 41.3 Å². The maximum absolute atomic E-state index is 12.4. The minimum absolute atomic E-state index is 0.108. The zero-order chi connectivity index (χ0) is 19.1. The van der Waals surface area contributed by atoms with Gasteiger partial charge in [0.15, 0.2) is 5.69 Å². The molecule has 1 aliphatic heterocycles. The summed E-state index contributed by atoms with van der Waals surface area (Å²) in [6, 6.07) is 9.52. The van der Waals surface area contributed by atoms with Gasteiger partial charge in [-0.1, -0.05) is 18.2 Å². The van der Waals surface area contributed by atoms with E-state index in [1.165, 1.54) is 9.58 Å². The highest BCUT2D eigenvalue weighted by atomic mass is 16.5. The quantitative estimate of drug-likeness (QED) is 0.758. The molecule has 0 radical (unpaired) electrons. The number of carbonyl (C=O) groups is 1. The Balaban J connectivity index is 1.68. The van der Waals surface area contributed by atoms with Crippen LogP contribution in [-0.4, -0.2) is 44.3 Å². The Labute approximate surface area is 154 Å². The van der Waals surface area contributed by atoms with Crippen LogP contribution in [0.25, 0.3) is 10.9 Å². The van der Waals surface area contributed by atoms with Gasteiger partial charge >= 0.3 is 0 Å². The number of likely N-dealkylation sites (N-methyl/N-ethyl adjacent to an activating group) is 1. The third kappa shape index (κ3) is 2.88. The molecule has 3 aromatic rings. The molecular formula is C19H18N4O4. The summed E-state index contributed by atoms with van der Waals surface area (Å²) in [4.78, 5) is 30.4. The van der Waals surface area contributed by atoms with E-state index in [0.29, 0.717) is 13.1 Å². The van der Waals surface area contributed by atoms with E-state index in [9.17, 15) is 14.7 Å². The fourth-order valence-electron chi connectivity index (χ4n) is 3.09. The van der Waals surface area contributed by atoms with Crippen molar-refractivity contribution in [2.24, 2.45) is 0 Å². The summed E-state index contributed by atoms with van der Waals surface area (Å²) in [6.07, 6.45) is 1.22. The van der Waals surface area contributed by atoms with Gasteiger partial charge in [0.05, 0.1) is 12.1 Å². The number of pyridine rings is 1. The highest BCUT2D eigenvalue weighted by Gasteiger charge is 2.29. The van der Waals surface area contributed by atoms with Crippen LogP contribution in [0.1, 0.15) is 29.1 Å². The average molecular weight is 366 g/mol. The van der Waals surface area contributed by atoms with E-state index < -0.39 is 23.2 Å². The Morgan fingerprint density at radius 1 is 1.22 bits per heavy atom. The molecule has 2 aromatic heterocycles. The van der Waals surface area contributed by atoms with E-state index in [4.69, 9.17) is 4.74 Å². The summed E-state index contributed by atoms with van der Waals surface area (Å²) in [5.41, 5.74) is 0.733. The number of hydrogen-bond donors (Lipinski definition) is 1. The molecule has 8 heteroatoms. The van der Waals surface area contributed by atoms with Crippen LogP contribution in [0.3, 0.4) is 0 Å². The Bertz CT molecular complexity index is 1110. The molecule has 4 rings (SSSR count). The summed E-state index contributed by atoms with van der Waals surface area (Å²) in [5, 5.41) is 15.4. The van der Waals surface area contributed by atoms with Crippen LogP contribution in [-0.2, 0) is 6.54 Å². The SMILES string of the molecule is C[C@@H](Oc1nn2c(c(O)c1=O)C(=O)N(C)CC2)c1ccc2cccnc2c1. The van der Waals surface area contributed by atoms with Gasteiger partial charge in [0.2, 0.25) is 5.75 Å². The second-order valence-electron chi connectivity index (χ2n) is 6.50. The number of aromatic hydroxyl groups is 1. The van der Waals surface area contributed by atoms with E-state index >= 15 is 0 Å². The highest BCUT2D eigenvalue weighted by molar-refractivity contribution is 5.95. The monoisotopic (exact) mass is 366 g/mol. The molecule has 1 aliphatic rings. The predicted octanol–water partition coefficient (Wildman–Crippen LogP) is 1.72. The average Bonchev–Trinajstić information content (AvgIpc) is 2.68. The van der Waals surface area contributed by atoms with Crippen molar-refractivity contribution in [3.63, 3.8) is 0 Å². The van der Waals surface area contributed by atoms with E-state index in [0.717, 1.165) is 16.5 Å².